The van der Waals surface area contributed by atoms with Crippen molar-refractivity contribution in [2.24, 2.45) is 0 Å². The van der Waals surface area contributed by atoms with E-state index in [1.807, 2.05) is 78.3 Å². The van der Waals surface area contributed by atoms with E-state index in [1.165, 1.54) is 0 Å². The molecular formula is C30H31ClN6O. The minimum atomic E-state index is -0.519. The summed E-state index contributed by atoms with van der Waals surface area (Å²) in [5.41, 5.74) is 4.11. The number of aryl methyl sites for hydroxylation is 1. The van der Waals surface area contributed by atoms with Gasteiger partial charge in [-0.05, 0) is 84.5 Å². The molecule has 194 valence electrons. The molecule has 5 aromatic rings. The SMILES string of the molecule is Cc1ccc2cc(C(c3nnnn3C(C)(C)C)N(Cc3ccccc3)Cc3ccc(Cl)cc3)c(=O)[nH]c2c1. The van der Waals surface area contributed by atoms with Crippen LogP contribution in [0.25, 0.3) is 10.9 Å². The van der Waals surface area contributed by atoms with E-state index in [4.69, 9.17) is 11.6 Å². The molecule has 8 heteroatoms. The molecule has 0 saturated heterocycles. The monoisotopic (exact) mass is 526 g/mol. The quantitative estimate of drug-likeness (QED) is 0.280. The molecule has 0 amide bonds. The maximum absolute atomic E-state index is 13.7. The molecule has 1 atom stereocenters. The number of nitrogens with zero attached hydrogens (tertiary/aromatic N) is 5. The van der Waals surface area contributed by atoms with Crippen molar-refractivity contribution in [3.05, 3.63) is 122 Å². The fourth-order valence-electron chi connectivity index (χ4n) is 4.76. The standard InChI is InChI=1S/C30H31ClN6O/c1-20-10-13-23-17-25(29(38)32-26(23)16-20)27(28-33-34-35-37(28)30(2,3)4)36(18-21-8-6-5-7-9-21)19-22-11-14-24(31)15-12-22/h5-17,27H,18-19H2,1-4H3,(H,32,38). The summed E-state index contributed by atoms with van der Waals surface area (Å²) in [7, 11) is 0. The molecule has 0 bridgehead atoms. The Morgan fingerprint density at radius 3 is 2.32 bits per heavy atom. The average molecular weight is 527 g/mol. The Labute approximate surface area is 227 Å². The van der Waals surface area contributed by atoms with Crippen molar-refractivity contribution >= 4 is 22.5 Å². The van der Waals surface area contributed by atoms with E-state index in [0.29, 0.717) is 29.5 Å². The van der Waals surface area contributed by atoms with Gasteiger partial charge in [0.25, 0.3) is 5.56 Å². The fraction of sp³-hybridized carbons (Fsp3) is 0.267. The van der Waals surface area contributed by atoms with Crippen LogP contribution in [0, 0.1) is 6.92 Å². The number of H-pyrrole nitrogens is 1. The van der Waals surface area contributed by atoms with Crippen LogP contribution in [-0.4, -0.2) is 30.1 Å². The van der Waals surface area contributed by atoms with Crippen LogP contribution in [0.15, 0.2) is 83.7 Å². The molecule has 2 heterocycles. The van der Waals surface area contributed by atoms with Crippen LogP contribution in [0.1, 0.15) is 54.9 Å². The first kappa shape index (κ1) is 25.8. The van der Waals surface area contributed by atoms with Crippen molar-refractivity contribution in [3.63, 3.8) is 0 Å². The molecule has 0 aliphatic rings. The number of benzene rings is 3. The van der Waals surface area contributed by atoms with Crippen molar-refractivity contribution in [1.82, 2.24) is 30.1 Å². The molecule has 7 nitrogen and oxygen atoms in total. The Kier molecular flexibility index (Phi) is 7.15. The number of aromatic nitrogens is 5. The second-order valence-corrected chi connectivity index (χ2v) is 11.1. The molecule has 0 spiro atoms. The molecule has 2 aromatic heterocycles. The van der Waals surface area contributed by atoms with Gasteiger partial charge in [0.05, 0.1) is 5.54 Å². The normalized spacial score (nSPS) is 12.8. The maximum atomic E-state index is 13.7. The third-order valence-electron chi connectivity index (χ3n) is 6.59. The van der Waals surface area contributed by atoms with Crippen LogP contribution >= 0.6 is 11.6 Å². The van der Waals surface area contributed by atoms with Crippen LogP contribution in [-0.2, 0) is 18.6 Å². The lowest BCUT2D eigenvalue weighted by molar-refractivity contribution is 0.184. The first-order chi connectivity index (χ1) is 18.2. The van der Waals surface area contributed by atoms with Crippen molar-refractivity contribution in [1.29, 1.82) is 0 Å². The maximum Gasteiger partial charge on any atom is 0.253 e. The van der Waals surface area contributed by atoms with Gasteiger partial charge in [-0.2, -0.15) is 0 Å². The number of hydrogen-bond acceptors (Lipinski definition) is 5. The van der Waals surface area contributed by atoms with Crippen molar-refractivity contribution < 1.29 is 0 Å². The van der Waals surface area contributed by atoms with Crippen LogP contribution in [0.2, 0.25) is 5.02 Å². The van der Waals surface area contributed by atoms with Gasteiger partial charge in [0.15, 0.2) is 5.82 Å². The number of aromatic amines is 1. The minimum absolute atomic E-state index is 0.161. The number of rotatable bonds is 7. The molecule has 0 radical (unpaired) electrons. The predicted octanol–water partition coefficient (Wildman–Crippen LogP) is 6.02. The zero-order chi connectivity index (χ0) is 26.9. The second-order valence-electron chi connectivity index (χ2n) is 10.7. The summed E-state index contributed by atoms with van der Waals surface area (Å²) in [4.78, 5) is 19.1. The highest BCUT2D eigenvalue weighted by Crippen LogP contribution is 2.32. The van der Waals surface area contributed by atoms with E-state index in [1.54, 1.807) is 0 Å². The summed E-state index contributed by atoms with van der Waals surface area (Å²) in [6.07, 6.45) is 0. The molecule has 38 heavy (non-hydrogen) atoms. The topological polar surface area (TPSA) is 79.7 Å². The number of pyridine rings is 1. The Bertz CT molecular complexity index is 1600. The number of halogens is 1. The van der Waals surface area contributed by atoms with Gasteiger partial charge in [0.2, 0.25) is 0 Å². The van der Waals surface area contributed by atoms with E-state index in [2.05, 4.69) is 58.3 Å². The Morgan fingerprint density at radius 2 is 1.63 bits per heavy atom. The van der Waals surface area contributed by atoms with Gasteiger partial charge < -0.3 is 4.98 Å². The van der Waals surface area contributed by atoms with Gasteiger partial charge in [-0.25, -0.2) is 4.68 Å². The number of tetrazole rings is 1. The van der Waals surface area contributed by atoms with Crippen molar-refractivity contribution in [3.8, 4) is 0 Å². The molecule has 0 saturated carbocycles. The molecule has 1 unspecified atom stereocenters. The summed E-state index contributed by atoms with van der Waals surface area (Å²) in [5.74, 6) is 0.611. The predicted molar refractivity (Wildman–Crippen MR) is 151 cm³/mol. The molecule has 1 N–H and O–H groups in total. The van der Waals surface area contributed by atoms with Gasteiger partial charge in [0.1, 0.15) is 6.04 Å². The molecule has 0 fully saturated rings. The Morgan fingerprint density at radius 1 is 0.947 bits per heavy atom. The minimum Gasteiger partial charge on any atom is -0.322 e. The highest BCUT2D eigenvalue weighted by atomic mass is 35.5. The summed E-state index contributed by atoms with van der Waals surface area (Å²) >= 11 is 6.19. The van der Waals surface area contributed by atoms with E-state index >= 15 is 0 Å². The number of fused-ring (bicyclic) bond motifs is 1. The van der Waals surface area contributed by atoms with E-state index in [0.717, 1.165) is 27.6 Å². The first-order valence-corrected chi connectivity index (χ1v) is 13.0. The highest BCUT2D eigenvalue weighted by Gasteiger charge is 2.33. The zero-order valence-corrected chi connectivity index (χ0v) is 22.8. The van der Waals surface area contributed by atoms with Gasteiger partial charge >= 0.3 is 0 Å². The van der Waals surface area contributed by atoms with E-state index in [9.17, 15) is 4.79 Å². The summed E-state index contributed by atoms with van der Waals surface area (Å²) in [6.45, 7) is 9.31. The van der Waals surface area contributed by atoms with E-state index in [-0.39, 0.29) is 5.56 Å². The fourth-order valence-corrected chi connectivity index (χ4v) is 4.88. The first-order valence-electron chi connectivity index (χ1n) is 12.6. The lowest BCUT2D eigenvalue weighted by atomic mass is 10.00. The lowest BCUT2D eigenvalue weighted by Crippen LogP contribution is -2.37. The molecule has 5 rings (SSSR count). The van der Waals surface area contributed by atoms with E-state index < -0.39 is 11.6 Å². The summed E-state index contributed by atoms with van der Waals surface area (Å²) < 4.78 is 1.82. The Hall–Kier alpha value is -3.81. The Balaban J connectivity index is 1.72. The van der Waals surface area contributed by atoms with Crippen LogP contribution in [0.4, 0.5) is 0 Å². The molecule has 0 aliphatic heterocycles. The molecular weight excluding hydrogens is 496 g/mol. The second kappa shape index (κ2) is 10.5. The van der Waals surface area contributed by atoms with Crippen LogP contribution in [0.5, 0.6) is 0 Å². The third-order valence-corrected chi connectivity index (χ3v) is 6.84. The van der Waals surface area contributed by atoms with Crippen molar-refractivity contribution in [2.75, 3.05) is 0 Å². The third kappa shape index (κ3) is 5.54. The summed E-state index contributed by atoms with van der Waals surface area (Å²) in [5, 5.41) is 14.5. The average Bonchev–Trinajstić information content (AvgIpc) is 3.37. The van der Waals surface area contributed by atoms with Crippen molar-refractivity contribution in [2.45, 2.75) is 52.4 Å². The van der Waals surface area contributed by atoms with Crippen LogP contribution < -0.4 is 5.56 Å². The smallest absolute Gasteiger partial charge is 0.253 e. The zero-order valence-electron chi connectivity index (χ0n) is 22.0. The molecule has 0 aliphatic carbocycles. The van der Waals surface area contributed by atoms with Gasteiger partial charge in [-0.15, -0.1) is 5.10 Å². The largest absolute Gasteiger partial charge is 0.322 e. The number of nitrogens with one attached hydrogen (secondary N) is 1. The molecule has 3 aromatic carbocycles. The van der Waals surface area contributed by atoms with Gasteiger partial charge in [-0.3, -0.25) is 9.69 Å². The van der Waals surface area contributed by atoms with Gasteiger partial charge in [-0.1, -0.05) is 66.2 Å². The number of hydrogen-bond donors (Lipinski definition) is 1. The van der Waals surface area contributed by atoms with Crippen LogP contribution in [0.3, 0.4) is 0 Å². The lowest BCUT2D eigenvalue weighted by Gasteiger charge is -2.33. The highest BCUT2D eigenvalue weighted by molar-refractivity contribution is 6.30. The van der Waals surface area contributed by atoms with Gasteiger partial charge in [0, 0.05) is 29.2 Å². The summed E-state index contributed by atoms with van der Waals surface area (Å²) in [6, 6.07) is 25.5.